The van der Waals surface area contributed by atoms with Crippen LogP contribution in [0.4, 0.5) is 0 Å². The van der Waals surface area contributed by atoms with Gasteiger partial charge in [-0.05, 0) is 31.2 Å². The van der Waals surface area contributed by atoms with E-state index in [1.807, 2.05) is 4.90 Å². The zero-order valence-electron chi connectivity index (χ0n) is 15.2. The Balaban J connectivity index is 1.71. The first-order chi connectivity index (χ1) is 12.7. The summed E-state index contributed by atoms with van der Waals surface area (Å²) in [5.41, 5.74) is 0.898. The average Bonchev–Trinajstić information content (AvgIpc) is 2.64. The minimum atomic E-state index is -3.56. The molecule has 0 spiro atoms. The Bertz CT molecular complexity index is 995. The molecule has 1 aliphatic heterocycles. The van der Waals surface area contributed by atoms with E-state index in [0.29, 0.717) is 43.4 Å². The van der Waals surface area contributed by atoms with Crippen LogP contribution in [0.15, 0.2) is 40.0 Å². The van der Waals surface area contributed by atoms with Crippen molar-refractivity contribution in [1.82, 2.24) is 13.8 Å². The fourth-order valence-corrected chi connectivity index (χ4v) is 4.69. The third kappa shape index (κ3) is 4.03. The highest BCUT2D eigenvalue weighted by atomic mass is 35.5. The van der Waals surface area contributed by atoms with Gasteiger partial charge in [0.1, 0.15) is 0 Å². The Morgan fingerprint density at radius 2 is 1.70 bits per heavy atom. The molecule has 0 bridgehead atoms. The number of sulfonamides is 1. The highest BCUT2D eigenvalue weighted by molar-refractivity contribution is 7.89. The minimum Gasteiger partial charge on any atom is -0.503 e. The summed E-state index contributed by atoms with van der Waals surface area (Å²) in [4.78, 5) is 14.1. The van der Waals surface area contributed by atoms with Gasteiger partial charge in [-0.25, -0.2) is 8.42 Å². The van der Waals surface area contributed by atoms with Crippen LogP contribution in [0.2, 0.25) is 5.02 Å². The average molecular weight is 412 g/mol. The summed E-state index contributed by atoms with van der Waals surface area (Å²) in [6.45, 7) is 3.88. The van der Waals surface area contributed by atoms with E-state index in [4.69, 9.17) is 11.6 Å². The van der Waals surface area contributed by atoms with Gasteiger partial charge < -0.3 is 9.67 Å². The molecule has 2 heterocycles. The lowest BCUT2D eigenvalue weighted by Gasteiger charge is -2.34. The number of aromatic hydroxyl groups is 1. The highest BCUT2D eigenvalue weighted by Crippen LogP contribution is 2.21. The van der Waals surface area contributed by atoms with Crippen LogP contribution in [0.5, 0.6) is 5.75 Å². The smallest absolute Gasteiger partial charge is 0.243 e. The second-order valence-corrected chi connectivity index (χ2v) is 9.01. The minimum absolute atomic E-state index is 0.221. The van der Waals surface area contributed by atoms with Crippen molar-refractivity contribution < 1.29 is 13.5 Å². The lowest BCUT2D eigenvalue weighted by molar-refractivity contribution is 0.176. The molecule has 0 amide bonds. The molecule has 27 heavy (non-hydrogen) atoms. The monoisotopic (exact) mass is 411 g/mol. The lowest BCUT2D eigenvalue weighted by atomic mass is 10.2. The van der Waals surface area contributed by atoms with Crippen molar-refractivity contribution in [1.29, 1.82) is 0 Å². The Kier molecular flexibility index (Phi) is 5.62. The maximum Gasteiger partial charge on any atom is 0.243 e. The van der Waals surface area contributed by atoms with Crippen LogP contribution >= 0.6 is 11.6 Å². The van der Waals surface area contributed by atoms with E-state index in [0.717, 1.165) is 5.69 Å². The number of pyridine rings is 1. The summed E-state index contributed by atoms with van der Waals surface area (Å²) in [7, 11) is -1.76. The standard InChI is InChI=1S/C18H22ClN3O4S/c1-13-11-17(23)18(24)16(20(13)2)12-21-7-9-22(10-8-21)27(25,26)15-5-3-14(19)4-6-15/h3-6,11,24H,7-10,12H2,1-2H3. The van der Waals surface area contributed by atoms with Gasteiger partial charge in [0.05, 0.1) is 10.6 Å². The van der Waals surface area contributed by atoms with Gasteiger partial charge in [-0.15, -0.1) is 0 Å². The fraction of sp³-hybridized carbons (Fsp3) is 0.389. The van der Waals surface area contributed by atoms with Crippen molar-refractivity contribution >= 4 is 21.6 Å². The molecule has 1 aromatic heterocycles. The van der Waals surface area contributed by atoms with Crippen molar-refractivity contribution in [3.8, 4) is 5.75 Å². The van der Waals surface area contributed by atoms with Crippen LogP contribution in [0.1, 0.15) is 11.4 Å². The van der Waals surface area contributed by atoms with Gasteiger partial charge in [-0.1, -0.05) is 11.6 Å². The van der Waals surface area contributed by atoms with Crippen LogP contribution in [0.3, 0.4) is 0 Å². The van der Waals surface area contributed by atoms with Crippen LogP contribution in [-0.4, -0.2) is 53.5 Å². The third-order valence-corrected chi connectivity index (χ3v) is 7.10. The normalized spacial score (nSPS) is 16.6. The molecule has 1 aromatic carbocycles. The molecule has 9 heteroatoms. The third-order valence-electron chi connectivity index (χ3n) is 4.94. The summed E-state index contributed by atoms with van der Waals surface area (Å²) >= 11 is 5.83. The molecule has 146 valence electrons. The van der Waals surface area contributed by atoms with E-state index in [1.165, 1.54) is 22.5 Å². The molecule has 2 aromatic rings. The van der Waals surface area contributed by atoms with Crippen molar-refractivity contribution in [3.05, 3.63) is 57.0 Å². The molecular formula is C18H22ClN3O4S. The van der Waals surface area contributed by atoms with Crippen molar-refractivity contribution in [2.75, 3.05) is 26.2 Å². The number of aryl methyl sites for hydroxylation is 1. The van der Waals surface area contributed by atoms with Crippen molar-refractivity contribution in [2.24, 2.45) is 7.05 Å². The van der Waals surface area contributed by atoms with E-state index < -0.39 is 15.5 Å². The van der Waals surface area contributed by atoms with Crippen LogP contribution in [-0.2, 0) is 23.6 Å². The quantitative estimate of drug-likeness (QED) is 0.825. The van der Waals surface area contributed by atoms with Gasteiger partial charge in [0.25, 0.3) is 0 Å². The number of benzene rings is 1. The van der Waals surface area contributed by atoms with Crippen LogP contribution in [0, 0.1) is 6.92 Å². The molecule has 0 aliphatic carbocycles. The topological polar surface area (TPSA) is 82.8 Å². The molecule has 7 nitrogen and oxygen atoms in total. The Labute approximate surface area is 163 Å². The maximum absolute atomic E-state index is 12.7. The summed E-state index contributed by atoms with van der Waals surface area (Å²) < 4.78 is 28.7. The SMILES string of the molecule is Cc1cc(=O)c(O)c(CN2CCN(S(=O)(=O)c3ccc(Cl)cc3)CC2)n1C. The first-order valence-electron chi connectivity index (χ1n) is 8.56. The Morgan fingerprint density at radius 3 is 2.30 bits per heavy atom. The lowest BCUT2D eigenvalue weighted by Crippen LogP contribution is -2.48. The predicted molar refractivity (Wildman–Crippen MR) is 104 cm³/mol. The number of nitrogens with zero attached hydrogens (tertiary/aromatic N) is 3. The van der Waals surface area contributed by atoms with E-state index in [2.05, 4.69) is 0 Å². The van der Waals surface area contributed by atoms with E-state index >= 15 is 0 Å². The number of halogens is 1. The summed E-state index contributed by atoms with van der Waals surface area (Å²) in [6.07, 6.45) is 0. The largest absolute Gasteiger partial charge is 0.503 e. The zero-order valence-corrected chi connectivity index (χ0v) is 16.8. The summed E-state index contributed by atoms with van der Waals surface area (Å²) in [5.74, 6) is -0.251. The molecule has 0 atom stereocenters. The molecule has 1 saturated heterocycles. The molecule has 1 fully saturated rings. The van der Waals surface area contributed by atoms with E-state index in [9.17, 15) is 18.3 Å². The first kappa shape index (κ1) is 19.9. The Hall–Kier alpha value is -1.87. The van der Waals surface area contributed by atoms with Crippen LogP contribution < -0.4 is 5.43 Å². The van der Waals surface area contributed by atoms with Gasteiger partial charge in [-0.3, -0.25) is 9.69 Å². The molecule has 0 saturated carbocycles. The van der Waals surface area contributed by atoms with Gasteiger partial charge in [-0.2, -0.15) is 4.31 Å². The zero-order chi connectivity index (χ0) is 19.8. The number of hydrogen-bond acceptors (Lipinski definition) is 5. The number of hydrogen-bond donors (Lipinski definition) is 1. The fourth-order valence-electron chi connectivity index (χ4n) is 3.15. The predicted octanol–water partition coefficient (Wildman–Crippen LogP) is 1.56. The second kappa shape index (κ2) is 7.63. The molecule has 1 N–H and O–H groups in total. The molecule has 3 rings (SSSR count). The maximum atomic E-state index is 12.7. The summed E-state index contributed by atoms with van der Waals surface area (Å²) in [6, 6.07) is 7.53. The van der Waals surface area contributed by atoms with Crippen molar-refractivity contribution in [2.45, 2.75) is 18.4 Å². The molecule has 0 unspecified atom stereocenters. The first-order valence-corrected chi connectivity index (χ1v) is 10.4. The Morgan fingerprint density at radius 1 is 1.11 bits per heavy atom. The van der Waals surface area contributed by atoms with Gasteiger partial charge in [0, 0.05) is 56.6 Å². The number of piperazine rings is 1. The highest BCUT2D eigenvalue weighted by Gasteiger charge is 2.29. The van der Waals surface area contributed by atoms with Gasteiger partial charge >= 0.3 is 0 Å². The number of rotatable bonds is 4. The van der Waals surface area contributed by atoms with Gasteiger partial charge in [0.15, 0.2) is 5.75 Å². The van der Waals surface area contributed by atoms with Gasteiger partial charge in [0.2, 0.25) is 15.5 Å². The van der Waals surface area contributed by atoms with Crippen LogP contribution in [0.25, 0.3) is 0 Å². The van der Waals surface area contributed by atoms with E-state index in [-0.39, 0.29) is 10.6 Å². The second-order valence-electron chi connectivity index (χ2n) is 6.64. The molecule has 0 radical (unpaired) electrons. The molecular weight excluding hydrogens is 390 g/mol. The number of aromatic nitrogens is 1. The summed E-state index contributed by atoms with van der Waals surface area (Å²) in [5, 5.41) is 10.6. The van der Waals surface area contributed by atoms with E-state index in [1.54, 1.807) is 30.7 Å². The van der Waals surface area contributed by atoms with Crippen molar-refractivity contribution in [3.63, 3.8) is 0 Å². The molecule has 1 aliphatic rings.